The number of benzene rings is 1. The van der Waals surface area contributed by atoms with Gasteiger partial charge in [0, 0.05) is 18.8 Å². The molecule has 21 heavy (non-hydrogen) atoms. The molecule has 1 aromatic heterocycles. The minimum Gasteiger partial charge on any atom is -0.438 e. The molecule has 0 radical (unpaired) electrons. The van der Waals surface area contributed by atoms with Crippen LogP contribution in [0.15, 0.2) is 30.5 Å². The highest BCUT2D eigenvalue weighted by Gasteiger charge is 2.31. The van der Waals surface area contributed by atoms with Crippen molar-refractivity contribution in [1.29, 1.82) is 0 Å². The molecule has 0 unspecified atom stereocenters. The Morgan fingerprint density at radius 3 is 2.29 bits per heavy atom. The smallest absolute Gasteiger partial charge is 0.416 e. The fraction of sp³-hybridized carbons (Fsp3) is 0.267. The van der Waals surface area contributed by atoms with E-state index in [4.69, 9.17) is 10.5 Å². The highest BCUT2D eigenvalue weighted by atomic mass is 19.4. The van der Waals surface area contributed by atoms with E-state index in [1.807, 2.05) is 26.0 Å². The topological polar surface area (TPSA) is 48.1 Å². The maximum absolute atomic E-state index is 12.7. The van der Waals surface area contributed by atoms with Crippen LogP contribution >= 0.6 is 0 Å². The fourth-order valence-electron chi connectivity index (χ4n) is 2.06. The number of nitrogens with zero attached hydrogens (tertiary/aromatic N) is 1. The van der Waals surface area contributed by atoms with Crippen molar-refractivity contribution in [1.82, 2.24) is 4.98 Å². The average molecular weight is 296 g/mol. The van der Waals surface area contributed by atoms with E-state index >= 15 is 0 Å². The number of halogens is 3. The van der Waals surface area contributed by atoms with Crippen LogP contribution in [0.1, 0.15) is 22.3 Å². The lowest BCUT2D eigenvalue weighted by Crippen LogP contribution is -2.05. The number of ether oxygens (including phenoxy) is 1. The molecule has 0 saturated heterocycles. The summed E-state index contributed by atoms with van der Waals surface area (Å²) >= 11 is 0. The zero-order valence-electron chi connectivity index (χ0n) is 11.7. The minimum absolute atomic E-state index is 0.0866. The average Bonchev–Trinajstić information content (AvgIpc) is 2.42. The molecule has 0 atom stereocenters. The second-order valence-corrected chi connectivity index (χ2v) is 4.75. The molecule has 1 heterocycles. The molecule has 0 spiro atoms. The predicted octanol–water partition coefficient (Wildman–Crippen LogP) is 3.97. The van der Waals surface area contributed by atoms with Crippen LogP contribution in [0.5, 0.6) is 11.6 Å². The summed E-state index contributed by atoms with van der Waals surface area (Å²) < 4.78 is 43.5. The number of aromatic nitrogens is 1. The molecular formula is C15H15F3N2O. The van der Waals surface area contributed by atoms with Gasteiger partial charge < -0.3 is 10.5 Å². The van der Waals surface area contributed by atoms with Gasteiger partial charge in [-0.25, -0.2) is 4.98 Å². The molecule has 2 N–H and O–H groups in total. The molecule has 0 bridgehead atoms. The first-order valence-corrected chi connectivity index (χ1v) is 6.32. The number of pyridine rings is 1. The van der Waals surface area contributed by atoms with Gasteiger partial charge in [0.25, 0.3) is 0 Å². The van der Waals surface area contributed by atoms with E-state index in [0.29, 0.717) is 12.3 Å². The van der Waals surface area contributed by atoms with Crippen LogP contribution in [0.4, 0.5) is 13.2 Å². The van der Waals surface area contributed by atoms with Crippen LogP contribution in [0.2, 0.25) is 0 Å². The Hall–Kier alpha value is -2.08. The van der Waals surface area contributed by atoms with Gasteiger partial charge in [-0.05, 0) is 36.6 Å². The summed E-state index contributed by atoms with van der Waals surface area (Å²) in [5, 5.41) is 0. The molecule has 3 nitrogen and oxygen atoms in total. The summed E-state index contributed by atoms with van der Waals surface area (Å²) in [6.07, 6.45) is -3.34. The van der Waals surface area contributed by atoms with Crippen molar-refractivity contribution in [3.63, 3.8) is 0 Å². The van der Waals surface area contributed by atoms with Crippen molar-refractivity contribution in [2.45, 2.75) is 26.6 Å². The largest absolute Gasteiger partial charge is 0.438 e. The molecule has 0 aliphatic heterocycles. The number of aryl methyl sites for hydroxylation is 2. The van der Waals surface area contributed by atoms with Crippen molar-refractivity contribution < 1.29 is 17.9 Å². The quantitative estimate of drug-likeness (QED) is 0.932. The predicted molar refractivity (Wildman–Crippen MR) is 73.1 cm³/mol. The van der Waals surface area contributed by atoms with E-state index < -0.39 is 11.7 Å². The first kappa shape index (κ1) is 15.3. The zero-order chi connectivity index (χ0) is 15.6. The van der Waals surface area contributed by atoms with Crippen molar-refractivity contribution in [2.24, 2.45) is 5.73 Å². The number of nitrogens with two attached hydrogens (primary N) is 1. The highest BCUT2D eigenvalue weighted by molar-refractivity contribution is 5.45. The van der Waals surface area contributed by atoms with Crippen LogP contribution < -0.4 is 10.5 Å². The van der Waals surface area contributed by atoms with Crippen LogP contribution in [-0.2, 0) is 12.7 Å². The van der Waals surface area contributed by atoms with Gasteiger partial charge in [-0.3, -0.25) is 0 Å². The van der Waals surface area contributed by atoms with Crippen LogP contribution in [0.25, 0.3) is 0 Å². The van der Waals surface area contributed by atoms with Gasteiger partial charge in [0.2, 0.25) is 5.88 Å². The van der Waals surface area contributed by atoms with E-state index in [1.165, 1.54) is 0 Å². The van der Waals surface area contributed by atoms with Gasteiger partial charge >= 0.3 is 6.18 Å². The molecule has 0 amide bonds. The number of hydrogen-bond donors (Lipinski definition) is 1. The molecule has 112 valence electrons. The van der Waals surface area contributed by atoms with Gasteiger partial charge in [-0.2, -0.15) is 13.2 Å². The van der Waals surface area contributed by atoms with Crippen molar-refractivity contribution in [2.75, 3.05) is 0 Å². The number of hydrogen-bond acceptors (Lipinski definition) is 3. The first-order valence-electron chi connectivity index (χ1n) is 6.32. The third kappa shape index (κ3) is 3.52. The summed E-state index contributed by atoms with van der Waals surface area (Å²) in [5.74, 6) is 0.413. The molecule has 0 aliphatic carbocycles. The number of rotatable bonds is 3. The Morgan fingerprint density at radius 1 is 1.14 bits per heavy atom. The summed E-state index contributed by atoms with van der Waals surface area (Å²) in [5.41, 5.74) is 7.33. The van der Waals surface area contributed by atoms with E-state index in [2.05, 4.69) is 4.98 Å². The van der Waals surface area contributed by atoms with E-state index in [0.717, 1.165) is 35.0 Å². The Labute approximate surface area is 120 Å². The highest BCUT2D eigenvalue weighted by Crippen LogP contribution is 2.33. The lowest BCUT2D eigenvalue weighted by Gasteiger charge is -2.14. The summed E-state index contributed by atoms with van der Waals surface area (Å²) in [7, 11) is 0. The Bertz CT molecular complexity index is 631. The van der Waals surface area contributed by atoms with E-state index in [-0.39, 0.29) is 5.88 Å². The van der Waals surface area contributed by atoms with Gasteiger partial charge in [0.1, 0.15) is 5.75 Å². The maximum Gasteiger partial charge on any atom is 0.416 e. The van der Waals surface area contributed by atoms with Gasteiger partial charge in [-0.15, -0.1) is 0 Å². The van der Waals surface area contributed by atoms with Crippen molar-refractivity contribution >= 4 is 0 Å². The number of alkyl halides is 3. The molecule has 0 aliphatic rings. The second kappa shape index (κ2) is 5.73. The van der Waals surface area contributed by atoms with Crippen LogP contribution in [0, 0.1) is 13.8 Å². The second-order valence-electron chi connectivity index (χ2n) is 4.75. The third-order valence-electron chi connectivity index (χ3n) is 3.02. The van der Waals surface area contributed by atoms with E-state index in [9.17, 15) is 13.2 Å². The maximum atomic E-state index is 12.7. The molecule has 6 heteroatoms. The monoisotopic (exact) mass is 296 g/mol. The van der Waals surface area contributed by atoms with Crippen LogP contribution in [0.3, 0.4) is 0 Å². The molecule has 0 fully saturated rings. The normalized spacial score (nSPS) is 11.5. The van der Waals surface area contributed by atoms with Gasteiger partial charge in [0.05, 0.1) is 5.56 Å². The molecule has 1 aromatic carbocycles. The SMILES string of the molecule is Cc1cc(CN)cc(C)c1Oc1cc(C(F)(F)F)ccn1. The Balaban J connectivity index is 2.35. The first-order chi connectivity index (χ1) is 9.81. The molecule has 0 saturated carbocycles. The zero-order valence-corrected chi connectivity index (χ0v) is 11.7. The summed E-state index contributed by atoms with van der Waals surface area (Å²) in [6.45, 7) is 4.02. The van der Waals surface area contributed by atoms with Gasteiger partial charge in [-0.1, -0.05) is 12.1 Å². The third-order valence-corrected chi connectivity index (χ3v) is 3.02. The van der Waals surface area contributed by atoms with Crippen LogP contribution in [-0.4, -0.2) is 4.98 Å². The summed E-state index contributed by atoms with van der Waals surface area (Å²) in [6, 6.07) is 5.48. The van der Waals surface area contributed by atoms with Crippen molar-refractivity contribution in [3.05, 3.63) is 52.7 Å². The molecule has 2 aromatic rings. The van der Waals surface area contributed by atoms with E-state index in [1.54, 1.807) is 0 Å². The molecule has 2 rings (SSSR count). The fourth-order valence-corrected chi connectivity index (χ4v) is 2.06. The summed E-state index contributed by atoms with van der Waals surface area (Å²) in [4.78, 5) is 3.83. The lowest BCUT2D eigenvalue weighted by atomic mass is 10.1. The van der Waals surface area contributed by atoms with Gasteiger partial charge in [0.15, 0.2) is 0 Å². The minimum atomic E-state index is -4.42. The Morgan fingerprint density at radius 2 is 1.76 bits per heavy atom. The lowest BCUT2D eigenvalue weighted by molar-refractivity contribution is -0.137. The Kier molecular flexibility index (Phi) is 4.18. The van der Waals surface area contributed by atoms with Crippen molar-refractivity contribution in [3.8, 4) is 11.6 Å². The molecular weight excluding hydrogens is 281 g/mol. The standard InChI is InChI=1S/C15H15F3N2O/c1-9-5-11(8-19)6-10(2)14(9)21-13-7-12(3-4-20-13)15(16,17)18/h3-7H,8,19H2,1-2H3.